The van der Waals surface area contributed by atoms with Crippen LogP contribution in [0, 0.1) is 0 Å². The Morgan fingerprint density at radius 3 is 2.80 bits per heavy atom. The molecule has 136 valence electrons. The molecule has 2 rings (SSSR count). The number of ether oxygens (including phenoxy) is 1. The zero-order valence-corrected chi connectivity index (χ0v) is 15.1. The highest BCUT2D eigenvalue weighted by Gasteiger charge is 2.15. The third-order valence-corrected chi connectivity index (χ3v) is 4.74. The van der Waals surface area contributed by atoms with Crippen LogP contribution in [-0.2, 0) is 22.7 Å². The van der Waals surface area contributed by atoms with Gasteiger partial charge in [0.1, 0.15) is 0 Å². The molecule has 0 aliphatic carbocycles. The Bertz CT molecular complexity index is 660. The van der Waals surface area contributed by atoms with Crippen molar-refractivity contribution in [3.8, 4) is 0 Å². The number of aliphatic hydroxyl groups excluding tert-OH is 2. The second kappa shape index (κ2) is 10.2. The number of aromatic nitrogens is 2. The lowest BCUT2D eigenvalue weighted by Crippen LogP contribution is -2.12. The molecule has 0 bridgehead atoms. The Labute approximate surface area is 151 Å². The first-order chi connectivity index (χ1) is 12.2. The molecule has 1 heterocycles. The number of carbonyl (C=O) groups is 1. The molecular weight excluding hydrogens is 340 g/mol. The lowest BCUT2D eigenvalue weighted by atomic mass is 10.1. The number of nitrogens with zero attached hydrogens (tertiary/aromatic N) is 2. The molecule has 1 aromatic heterocycles. The van der Waals surface area contributed by atoms with E-state index in [9.17, 15) is 15.0 Å². The summed E-state index contributed by atoms with van der Waals surface area (Å²) in [5.74, 6) is 0.518. The number of imidazole rings is 1. The van der Waals surface area contributed by atoms with Gasteiger partial charge in [0.2, 0.25) is 0 Å². The maximum absolute atomic E-state index is 11.4. The van der Waals surface area contributed by atoms with Gasteiger partial charge >= 0.3 is 5.97 Å². The van der Waals surface area contributed by atoms with Crippen LogP contribution in [0.15, 0.2) is 41.7 Å². The van der Waals surface area contributed by atoms with E-state index in [2.05, 4.69) is 4.98 Å². The summed E-state index contributed by atoms with van der Waals surface area (Å²) in [6.07, 6.45) is 2.00. The van der Waals surface area contributed by atoms with Crippen LogP contribution < -0.4 is 0 Å². The number of benzene rings is 1. The fourth-order valence-corrected chi connectivity index (χ4v) is 3.34. The van der Waals surface area contributed by atoms with E-state index in [0.29, 0.717) is 37.4 Å². The van der Waals surface area contributed by atoms with Crippen molar-refractivity contribution in [2.75, 3.05) is 12.4 Å². The van der Waals surface area contributed by atoms with E-state index in [1.54, 1.807) is 13.1 Å². The van der Waals surface area contributed by atoms with Crippen molar-refractivity contribution in [2.45, 2.75) is 44.2 Å². The topological polar surface area (TPSA) is 84.6 Å². The minimum atomic E-state index is -0.681. The second-order valence-electron chi connectivity index (χ2n) is 5.48. The molecule has 1 unspecified atom stereocenters. The first-order valence-corrected chi connectivity index (χ1v) is 9.31. The number of thioether (sulfide) groups is 1. The minimum Gasteiger partial charge on any atom is -0.466 e. The van der Waals surface area contributed by atoms with Gasteiger partial charge in [-0.2, -0.15) is 0 Å². The van der Waals surface area contributed by atoms with Crippen LogP contribution >= 0.6 is 11.8 Å². The van der Waals surface area contributed by atoms with Crippen LogP contribution in [0.25, 0.3) is 0 Å². The summed E-state index contributed by atoms with van der Waals surface area (Å²) in [7, 11) is 0. The van der Waals surface area contributed by atoms with Gasteiger partial charge in [-0.3, -0.25) is 4.79 Å². The Morgan fingerprint density at radius 2 is 2.12 bits per heavy atom. The molecule has 6 nitrogen and oxygen atoms in total. The molecule has 0 aliphatic heterocycles. The summed E-state index contributed by atoms with van der Waals surface area (Å²) in [5, 5.41) is 20.7. The lowest BCUT2D eigenvalue weighted by Gasteiger charge is -2.16. The maximum Gasteiger partial charge on any atom is 0.305 e. The van der Waals surface area contributed by atoms with Crippen molar-refractivity contribution in [3.05, 3.63) is 47.8 Å². The molecule has 0 radical (unpaired) electrons. The molecule has 0 spiro atoms. The van der Waals surface area contributed by atoms with Gasteiger partial charge in [-0.25, -0.2) is 4.98 Å². The molecular formula is C18H24N2O4S. The molecule has 0 fully saturated rings. The average molecular weight is 364 g/mol. The van der Waals surface area contributed by atoms with Crippen molar-refractivity contribution < 1.29 is 19.7 Å². The summed E-state index contributed by atoms with van der Waals surface area (Å²) >= 11 is 1.50. The van der Waals surface area contributed by atoms with Crippen LogP contribution in [0.5, 0.6) is 0 Å². The van der Waals surface area contributed by atoms with Crippen LogP contribution in [0.1, 0.15) is 37.1 Å². The van der Waals surface area contributed by atoms with Gasteiger partial charge in [-0.05, 0) is 18.9 Å². The van der Waals surface area contributed by atoms with Gasteiger partial charge in [0.25, 0.3) is 0 Å². The number of esters is 1. The van der Waals surface area contributed by atoms with Gasteiger partial charge in [-0.15, -0.1) is 0 Å². The van der Waals surface area contributed by atoms with Crippen LogP contribution in [0.2, 0.25) is 0 Å². The zero-order chi connectivity index (χ0) is 18.1. The standard InChI is InChI=1S/C18H24N2O4S/c1-2-24-17(23)9-6-10-25-18-19-11-15(13-21)20(18)12-16(22)14-7-4-3-5-8-14/h3-5,7-8,11,16,21-22H,2,6,9-10,12-13H2,1H3. The summed E-state index contributed by atoms with van der Waals surface area (Å²) < 4.78 is 6.73. The van der Waals surface area contributed by atoms with E-state index in [-0.39, 0.29) is 12.6 Å². The highest BCUT2D eigenvalue weighted by molar-refractivity contribution is 7.99. The summed E-state index contributed by atoms with van der Waals surface area (Å²) in [5.41, 5.74) is 1.47. The number of aliphatic hydroxyl groups is 2. The third-order valence-electron chi connectivity index (χ3n) is 3.67. The van der Waals surface area contributed by atoms with E-state index in [1.165, 1.54) is 11.8 Å². The smallest absolute Gasteiger partial charge is 0.305 e. The Morgan fingerprint density at radius 1 is 1.36 bits per heavy atom. The average Bonchev–Trinajstić information content (AvgIpc) is 3.01. The number of hydrogen-bond donors (Lipinski definition) is 2. The SMILES string of the molecule is CCOC(=O)CCCSc1ncc(CO)n1CC(O)c1ccccc1. The van der Waals surface area contributed by atoms with Crippen LogP contribution in [0.4, 0.5) is 0 Å². The molecule has 2 N–H and O–H groups in total. The third kappa shape index (κ3) is 5.88. The van der Waals surface area contributed by atoms with Crippen LogP contribution in [0.3, 0.4) is 0 Å². The van der Waals surface area contributed by atoms with E-state index in [1.807, 2.05) is 34.9 Å². The largest absolute Gasteiger partial charge is 0.466 e. The zero-order valence-electron chi connectivity index (χ0n) is 14.3. The van der Waals surface area contributed by atoms with Crippen molar-refractivity contribution in [1.29, 1.82) is 0 Å². The maximum atomic E-state index is 11.4. The molecule has 2 aromatic rings. The van der Waals surface area contributed by atoms with E-state index in [0.717, 1.165) is 10.7 Å². The molecule has 1 atom stereocenters. The van der Waals surface area contributed by atoms with Gasteiger partial charge in [-0.1, -0.05) is 42.1 Å². The Kier molecular flexibility index (Phi) is 7.97. The fraction of sp³-hybridized carbons (Fsp3) is 0.444. The highest BCUT2D eigenvalue weighted by atomic mass is 32.2. The van der Waals surface area contributed by atoms with Gasteiger partial charge < -0.3 is 19.5 Å². The Balaban J connectivity index is 1.96. The quantitative estimate of drug-likeness (QED) is 0.383. The van der Waals surface area contributed by atoms with E-state index < -0.39 is 6.10 Å². The van der Waals surface area contributed by atoms with Crippen molar-refractivity contribution in [3.63, 3.8) is 0 Å². The van der Waals surface area contributed by atoms with Crippen molar-refractivity contribution in [1.82, 2.24) is 9.55 Å². The highest BCUT2D eigenvalue weighted by Crippen LogP contribution is 2.24. The molecule has 0 aliphatic rings. The molecule has 0 saturated heterocycles. The van der Waals surface area contributed by atoms with Crippen LogP contribution in [-0.4, -0.2) is 38.1 Å². The molecule has 1 aromatic carbocycles. The molecule has 25 heavy (non-hydrogen) atoms. The molecule has 0 saturated carbocycles. The monoisotopic (exact) mass is 364 g/mol. The van der Waals surface area contributed by atoms with E-state index >= 15 is 0 Å². The predicted octanol–water partition coefficient (Wildman–Crippen LogP) is 2.54. The summed E-state index contributed by atoms with van der Waals surface area (Å²) in [6, 6.07) is 9.39. The Hall–Kier alpha value is -1.83. The van der Waals surface area contributed by atoms with Crippen molar-refractivity contribution in [2.24, 2.45) is 0 Å². The van der Waals surface area contributed by atoms with Gasteiger partial charge in [0.05, 0.1) is 37.8 Å². The van der Waals surface area contributed by atoms with Gasteiger partial charge in [0, 0.05) is 12.2 Å². The lowest BCUT2D eigenvalue weighted by molar-refractivity contribution is -0.143. The summed E-state index contributed by atoms with van der Waals surface area (Å²) in [4.78, 5) is 15.7. The van der Waals surface area contributed by atoms with Gasteiger partial charge in [0.15, 0.2) is 5.16 Å². The molecule has 0 amide bonds. The minimum absolute atomic E-state index is 0.141. The summed E-state index contributed by atoms with van der Waals surface area (Å²) in [6.45, 7) is 2.36. The first-order valence-electron chi connectivity index (χ1n) is 8.32. The molecule has 7 heteroatoms. The number of hydrogen-bond acceptors (Lipinski definition) is 6. The number of rotatable bonds is 10. The normalized spacial score (nSPS) is 12.1. The second-order valence-corrected chi connectivity index (χ2v) is 6.55. The first kappa shape index (κ1) is 19.5. The predicted molar refractivity (Wildman–Crippen MR) is 96.1 cm³/mol. The number of carbonyl (C=O) groups excluding carboxylic acids is 1. The van der Waals surface area contributed by atoms with E-state index in [4.69, 9.17) is 4.74 Å². The van der Waals surface area contributed by atoms with Crippen molar-refractivity contribution >= 4 is 17.7 Å². The fourth-order valence-electron chi connectivity index (χ4n) is 2.40.